The van der Waals surface area contributed by atoms with Crippen molar-refractivity contribution < 1.29 is 25.2 Å². The molecule has 0 aliphatic carbocycles. The van der Waals surface area contributed by atoms with E-state index in [0.29, 0.717) is 0 Å². The number of hydrogen-bond acceptors (Lipinski definition) is 6. The standard InChI is InChI=1S/C16H19NO5/c18-8-12-13(19)14(20)15(21)16(22-12)17-11-7-3-5-9-4-1-2-6-10(9)11/h1-7,12-21H,8H2/t12-,13+,14+,15+,16+/m0/s1. The van der Waals surface area contributed by atoms with Crippen molar-refractivity contribution in [2.75, 3.05) is 11.9 Å². The summed E-state index contributed by atoms with van der Waals surface area (Å²) in [5.74, 6) is 0. The van der Waals surface area contributed by atoms with Gasteiger partial charge in [-0.2, -0.15) is 0 Å². The van der Waals surface area contributed by atoms with E-state index in [1.807, 2.05) is 42.5 Å². The largest absolute Gasteiger partial charge is 0.394 e. The summed E-state index contributed by atoms with van der Waals surface area (Å²) in [4.78, 5) is 0. The zero-order valence-electron chi connectivity index (χ0n) is 11.8. The number of nitrogens with one attached hydrogen (secondary N) is 1. The van der Waals surface area contributed by atoms with Gasteiger partial charge in [0.05, 0.1) is 6.61 Å². The molecular weight excluding hydrogens is 286 g/mol. The minimum absolute atomic E-state index is 0.446. The Labute approximate surface area is 127 Å². The molecule has 1 aliphatic rings. The molecular formula is C16H19NO5. The second kappa shape index (κ2) is 6.20. The first-order chi connectivity index (χ1) is 10.6. The van der Waals surface area contributed by atoms with Crippen LogP contribution in [-0.4, -0.2) is 57.7 Å². The number of hydrogen-bond donors (Lipinski definition) is 5. The van der Waals surface area contributed by atoms with Crippen LogP contribution in [0.3, 0.4) is 0 Å². The van der Waals surface area contributed by atoms with Crippen LogP contribution in [0.5, 0.6) is 0 Å². The maximum atomic E-state index is 10.1. The van der Waals surface area contributed by atoms with Gasteiger partial charge in [-0.25, -0.2) is 0 Å². The highest BCUT2D eigenvalue weighted by Crippen LogP contribution is 2.27. The van der Waals surface area contributed by atoms with Crippen LogP contribution in [-0.2, 0) is 4.74 Å². The summed E-state index contributed by atoms with van der Waals surface area (Å²) >= 11 is 0. The number of ether oxygens (including phenoxy) is 1. The minimum Gasteiger partial charge on any atom is -0.394 e. The van der Waals surface area contributed by atoms with Gasteiger partial charge in [0.2, 0.25) is 0 Å². The Balaban J connectivity index is 1.87. The molecule has 0 saturated carbocycles. The van der Waals surface area contributed by atoms with E-state index in [-0.39, 0.29) is 0 Å². The van der Waals surface area contributed by atoms with E-state index in [0.717, 1.165) is 16.5 Å². The van der Waals surface area contributed by atoms with Gasteiger partial charge in [-0.15, -0.1) is 0 Å². The number of rotatable bonds is 3. The molecule has 6 heteroatoms. The molecule has 0 unspecified atom stereocenters. The molecule has 1 fully saturated rings. The van der Waals surface area contributed by atoms with Crippen molar-refractivity contribution >= 4 is 16.5 Å². The van der Waals surface area contributed by atoms with E-state index in [1.165, 1.54) is 0 Å². The zero-order chi connectivity index (χ0) is 15.7. The fraction of sp³-hybridized carbons (Fsp3) is 0.375. The smallest absolute Gasteiger partial charge is 0.157 e. The van der Waals surface area contributed by atoms with Crippen molar-refractivity contribution in [2.24, 2.45) is 0 Å². The van der Waals surface area contributed by atoms with Gasteiger partial charge in [0.15, 0.2) is 6.23 Å². The van der Waals surface area contributed by atoms with Gasteiger partial charge in [0.25, 0.3) is 0 Å². The molecule has 1 heterocycles. The van der Waals surface area contributed by atoms with E-state index in [9.17, 15) is 20.4 Å². The zero-order valence-corrected chi connectivity index (χ0v) is 11.8. The van der Waals surface area contributed by atoms with Crippen LogP contribution in [0.1, 0.15) is 0 Å². The molecule has 0 radical (unpaired) electrons. The van der Waals surface area contributed by atoms with Crippen molar-refractivity contribution in [1.82, 2.24) is 0 Å². The Morgan fingerprint density at radius 2 is 1.64 bits per heavy atom. The summed E-state index contributed by atoms with van der Waals surface area (Å²) in [6.07, 6.45) is -5.91. The third-order valence-electron chi connectivity index (χ3n) is 3.98. The average Bonchev–Trinajstić information content (AvgIpc) is 2.55. The van der Waals surface area contributed by atoms with Gasteiger partial charge in [0, 0.05) is 11.1 Å². The monoisotopic (exact) mass is 305 g/mol. The Morgan fingerprint density at radius 3 is 2.41 bits per heavy atom. The van der Waals surface area contributed by atoms with Gasteiger partial charge < -0.3 is 30.5 Å². The molecule has 0 amide bonds. The number of fused-ring (bicyclic) bond motifs is 1. The first-order valence-electron chi connectivity index (χ1n) is 7.16. The number of anilines is 1. The lowest BCUT2D eigenvalue weighted by Gasteiger charge is -2.40. The molecule has 0 spiro atoms. The maximum Gasteiger partial charge on any atom is 0.157 e. The van der Waals surface area contributed by atoms with Gasteiger partial charge in [-0.3, -0.25) is 0 Å². The topological polar surface area (TPSA) is 102 Å². The summed E-state index contributed by atoms with van der Waals surface area (Å²) in [6, 6.07) is 13.4. The Kier molecular flexibility index (Phi) is 4.28. The van der Waals surface area contributed by atoms with Crippen LogP contribution >= 0.6 is 0 Å². The van der Waals surface area contributed by atoms with Crippen LogP contribution in [0.15, 0.2) is 42.5 Å². The molecule has 6 nitrogen and oxygen atoms in total. The highest BCUT2D eigenvalue weighted by Gasteiger charge is 2.43. The van der Waals surface area contributed by atoms with Crippen molar-refractivity contribution in [3.05, 3.63) is 42.5 Å². The molecule has 0 aromatic heterocycles. The molecule has 5 N–H and O–H groups in total. The fourth-order valence-electron chi connectivity index (χ4n) is 2.73. The van der Waals surface area contributed by atoms with Crippen molar-refractivity contribution in [1.29, 1.82) is 0 Å². The van der Waals surface area contributed by atoms with E-state index < -0.39 is 37.3 Å². The van der Waals surface area contributed by atoms with Gasteiger partial charge >= 0.3 is 0 Å². The fourth-order valence-corrected chi connectivity index (χ4v) is 2.73. The SMILES string of the molecule is OC[C@@H]1O[C@@H](Nc2cccc3ccccc23)[C@H](O)[C@H](O)[C@@H]1O. The molecule has 2 aromatic rings. The first-order valence-corrected chi connectivity index (χ1v) is 7.16. The molecule has 3 rings (SSSR count). The van der Waals surface area contributed by atoms with Crippen molar-refractivity contribution in [3.63, 3.8) is 0 Å². The summed E-state index contributed by atoms with van der Waals surface area (Å²) in [6.45, 7) is -0.446. The Hall–Kier alpha value is -1.70. The lowest BCUT2D eigenvalue weighted by Crippen LogP contribution is -2.60. The maximum absolute atomic E-state index is 10.1. The predicted octanol–water partition coefficient (Wildman–Crippen LogP) is 0.0516. The quantitative estimate of drug-likeness (QED) is 0.549. The normalized spacial score (nSPS) is 32.1. The highest BCUT2D eigenvalue weighted by molar-refractivity contribution is 5.93. The molecule has 22 heavy (non-hydrogen) atoms. The van der Waals surface area contributed by atoms with Crippen LogP contribution in [0, 0.1) is 0 Å². The van der Waals surface area contributed by atoms with Crippen LogP contribution in [0.4, 0.5) is 5.69 Å². The number of aliphatic hydroxyl groups is 4. The molecule has 1 saturated heterocycles. The third-order valence-corrected chi connectivity index (χ3v) is 3.98. The number of aliphatic hydroxyl groups excluding tert-OH is 4. The lowest BCUT2D eigenvalue weighted by molar-refractivity contribution is -0.221. The minimum atomic E-state index is -1.39. The second-order valence-corrected chi connectivity index (χ2v) is 5.42. The molecule has 118 valence electrons. The van der Waals surface area contributed by atoms with Crippen molar-refractivity contribution in [3.8, 4) is 0 Å². The number of benzene rings is 2. The summed E-state index contributed by atoms with van der Waals surface area (Å²) in [5, 5.41) is 43.9. The van der Waals surface area contributed by atoms with E-state index >= 15 is 0 Å². The second-order valence-electron chi connectivity index (χ2n) is 5.42. The highest BCUT2D eigenvalue weighted by atomic mass is 16.6. The van der Waals surface area contributed by atoms with Crippen molar-refractivity contribution in [2.45, 2.75) is 30.6 Å². The van der Waals surface area contributed by atoms with Gasteiger partial charge in [-0.05, 0) is 11.5 Å². The van der Waals surface area contributed by atoms with Crippen LogP contribution < -0.4 is 5.32 Å². The Bertz CT molecular complexity index is 642. The molecule has 1 aliphatic heterocycles. The molecule has 2 aromatic carbocycles. The van der Waals surface area contributed by atoms with E-state index in [4.69, 9.17) is 4.74 Å². The first kappa shape index (κ1) is 15.2. The summed E-state index contributed by atoms with van der Waals surface area (Å²) in [7, 11) is 0. The van der Waals surface area contributed by atoms with Crippen LogP contribution in [0.2, 0.25) is 0 Å². The third kappa shape index (κ3) is 2.67. The summed E-state index contributed by atoms with van der Waals surface area (Å²) < 4.78 is 5.46. The average molecular weight is 305 g/mol. The van der Waals surface area contributed by atoms with E-state index in [1.54, 1.807) is 0 Å². The summed E-state index contributed by atoms with van der Waals surface area (Å²) in [5.41, 5.74) is 0.738. The predicted molar refractivity (Wildman–Crippen MR) is 81.3 cm³/mol. The molecule has 5 atom stereocenters. The van der Waals surface area contributed by atoms with Gasteiger partial charge in [0.1, 0.15) is 24.4 Å². The van der Waals surface area contributed by atoms with Gasteiger partial charge in [-0.1, -0.05) is 36.4 Å². The van der Waals surface area contributed by atoms with E-state index in [2.05, 4.69) is 5.32 Å². The van der Waals surface area contributed by atoms with Crippen LogP contribution in [0.25, 0.3) is 10.8 Å². The lowest BCUT2D eigenvalue weighted by atomic mass is 9.98. The Morgan fingerprint density at radius 1 is 0.909 bits per heavy atom. The molecule has 0 bridgehead atoms.